The van der Waals surface area contributed by atoms with Crippen LogP contribution in [0.2, 0.25) is 5.02 Å². The zero-order chi connectivity index (χ0) is 13.9. The van der Waals surface area contributed by atoms with Crippen molar-refractivity contribution in [2.24, 2.45) is 10.9 Å². The maximum atomic E-state index is 12.2. The van der Waals surface area contributed by atoms with Crippen LogP contribution < -0.4 is 5.73 Å². The molecule has 0 fully saturated rings. The number of amidine groups is 1. The average Bonchev–Trinajstić information content (AvgIpc) is 2.68. The standard InChI is InChI=1S/C11H16ClN3O2S/c1-6-5-18-10(9(6)12)11(16)15(3)7(2)4-8(13)14-17/h5,7,17H,4H2,1-3H3,(H2,13,14). The van der Waals surface area contributed by atoms with Gasteiger partial charge in [-0.05, 0) is 24.8 Å². The molecule has 18 heavy (non-hydrogen) atoms. The first-order chi connectivity index (χ1) is 8.38. The van der Waals surface area contributed by atoms with Crippen LogP contribution in [-0.4, -0.2) is 34.9 Å². The Morgan fingerprint density at radius 2 is 2.33 bits per heavy atom. The number of carbonyl (C=O) groups is 1. The Morgan fingerprint density at radius 3 is 2.78 bits per heavy atom. The molecule has 1 unspecified atom stereocenters. The zero-order valence-electron chi connectivity index (χ0n) is 10.5. The quantitative estimate of drug-likeness (QED) is 0.386. The Bertz CT molecular complexity index is 473. The maximum Gasteiger partial charge on any atom is 0.265 e. The molecule has 0 aliphatic rings. The van der Waals surface area contributed by atoms with Crippen molar-refractivity contribution in [3.8, 4) is 0 Å². The Kier molecular flexibility index (Phi) is 4.98. The summed E-state index contributed by atoms with van der Waals surface area (Å²) in [7, 11) is 1.67. The third kappa shape index (κ3) is 3.14. The lowest BCUT2D eigenvalue weighted by molar-refractivity contribution is 0.0752. The first-order valence-electron chi connectivity index (χ1n) is 5.35. The predicted octanol–water partition coefficient (Wildman–Crippen LogP) is 2.31. The van der Waals surface area contributed by atoms with Gasteiger partial charge in [-0.2, -0.15) is 0 Å². The first-order valence-corrected chi connectivity index (χ1v) is 6.61. The zero-order valence-corrected chi connectivity index (χ0v) is 12.0. The van der Waals surface area contributed by atoms with Gasteiger partial charge in [-0.25, -0.2) is 0 Å². The normalized spacial score (nSPS) is 13.4. The molecular formula is C11H16ClN3O2S. The lowest BCUT2D eigenvalue weighted by Gasteiger charge is -2.24. The number of carbonyl (C=O) groups excluding carboxylic acids is 1. The molecule has 0 aliphatic heterocycles. The van der Waals surface area contributed by atoms with Crippen molar-refractivity contribution in [1.29, 1.82) is 0 Å². The molecule has 0 aliphatic carbocycles. The van der Waals surface area contributed by atoms with Gasteiger partial charge < -0.3 is 15.8 Å². The molecule has 0 bridgehead atoms. The number of aryl methyl sites for hydroxylation is 1. The third-order valence-corrected chi connectivity index (χ3v) is 4.39. The number of oxime groups is 1. The minimum Gasteiger partial charge on any atom is -0.409 e. The second-order valence-corrected chi connectivity index (χ2v) is 5.38. The van der Waals surface area contributed by atoms with Crippen LogP contribution >= 0.6 is 22.9 Å². The van der Waals surface area contributed by atoms with E-state index in [9.17, 15) is 4.79 Å². The van der Waals surface area contributed by atoms with Crippen LogP contribution in [0.1, 0.15) is 28.6 Å². The van der Waals surface area contributed by atoms with Crippen molar-refractivity contribution in [3.63, 3.8) is 0 Å². The second-order valence-electron chi connectivity index (χ2n) is 4.12. The Morgan fingerprint density at radius 1 is 1.72 bits per heavy atom. The smallest absolute Gasteiger partial charge is 0.265 e. The molecule has 0 saturated carbocycles. The molecule has 0 aromatic carbocycles. The Hall–Kier alpha value is -1.27. The molecule has 1 amide bonds. The molecule has 100 valence electrons. The second kappa shape index (κ2) is 6.06. The highest BCUT2D eigenvalue weighted by molar-refractivity contribution is 7.13. The number of amides is 1. The number of hydrogen-bond donors (Lipinski definition) is 2. The van der Waals surface area contributed by atoms with Crippen molar-refractivity contribution in [3.05, 3.63) is 20.8 Å². The Balaban J connectivity index is 2.81. The van der Waals surface area contributed by atoms with Gasteiger partial charge in [0.25, 0.3) is 5.91 Å². The summed E-state index contributed by atoms with van der Waals surface area (Å²) in [6.07, 6.45) is 0.306. The van der Waals surface area contributed by atoms with Crippen LogP contribution in [0, 0.1) is 6.92 Å². The number of halogens is 1. The van der Waals surface area contributed by atoms with Gasteiger partial charge in [-0.3, -0.25) is 4.79 Å². The van der Waals surface area contributed by atoms with E-state index in [1.54, 1.807) is 7.05 Å². The minimum absolute atomic E-state index is 0.0932. The molecule has 7 heteroatoms. The lowest BCUT2D eigenvalue weighted by atomic mass is 10.2. The number of rotatable bonds is 4. The van der Waals surface area contributed by atoms with Gasteiger partial charge in [0.15, 0.2) is 0 Å². The van der Waals surface area contributed by atoms with Crippen LogP contribution in [0.15, 0.2) is 10.5 Å². The molecule has 1 heterocycles. The summed E-state index contributed by atoms with van der Waals surface area (Å²) in [6.45, 7) is 3.68. The number of hydrogen-bond acceptors (Lipinski definition) is 4. The minimum atomic E-state index is -0.174. The van der Waals surface area contributed by atoms with Gasteiger partial charge in [-0.1, -0.05) is 16.8 Å². The summed E-state index contributed by atoms with van der Waals surface area (Å²) in [6, 6.07) is -0.174. The molecule has 3 N–H and O–H groups in total. The van der Waals surface area contributed by atoms with Gasteiger partial charge in [0.1, 0.15) is 10.7 Å². The van der Waals surface area contributed by atoms with Gasteiger partial charge >= 0.3 is 0 Å². The molecule has 0 radical (unpaired) electrons. The molecule has 1 aromatic heterocycles. The van der Waals surface area contributed by atoms with Crippen LogP contribution in [-0.2, 0) is 0 Å². The fraction of sp³-hybridized carbons (Fsp3) is 0.455. The molecule has 1 rings (SSSR count). The molecule has 1 aromatic rings. The average molecular weight is 290 g/mol. The van der Waals surface area contributed by atoms with Crippen molar-refractivity contribution in [2.75, 3.05) is 7.05 Å². The number of nitrogens with zero attached hydrogens (tertiary/aromatic N) is 2. The number of thiophene rings is 1. The van der Waals surface area contributed by atoms with Crippen molar-refractivity contribution < 1.29 is 10.0 Å². The van der Waals surface area contributed by atoms with Gasteiger partial charge in [-0.15, -0.1) is 11.3 Å². The van der Waals surface area contributed by atoms with E-state index in [4.69, 9.17) is 22.5 Å². The van der Waals surface area contributed by atoms with Crippen LogP contribution in [0.3, 0.4) is 0 Å². The van der Waals surface area contributed by atoms with Crippen molar-refractivity contribution >= 4 is 34.7 Å². The summed E-state index contributed by atoms with van der Waals surface area (Å²) < 4.78 is 0. The first kappa shape index (κ1) is 14.8. The van der Waals surface area contributed by atoms with Crippen LogP contribution in [0.25, 0.3) is 0 Å². The molecule has 0 spiro atoms. The SMILES string of the molecule is Cc1csc(C(=O)N(C)C(C)C/C(N)=N/O)c1Cl. The predicted molar refractivity (Wildman–Crippen MR) is 73.6 cm³/mol. The fourth-order valence-electron chi connectivity index (χ4n) is 1.41. The summed E-state index contributed by atoms with van der Waals surface area (Å²) in [5, 5.41) is 13.7. The highest BCUT2D eigenvalue weighted by Crippen LogP contribution is 2.28. The number of nitrogens with two attached hydrogens (primary N) is 1. The van der Waals surface area contributed by atoms with E-state index in [2.05, 4.69) is 5.16 Å². The van der Waals surface area contributed by atoms with Crippen molar-refractivity contribution in [2.45, 2.75) is 26.3 Å². The van der Waals surface area contributed by atoms with Gasteiger partial charge in [0.05, 0.1) is 5.02 Å². The summed E-state index contributed by atoms with van der Waals surface area (Å²) in [5.41, 5.74) is 6.31. The molecule has 1 atom stereocenters. The summed E-state index contributed by atoms with van der Waals surface area (Å²) in [5.74, 6) is -0.0630. The molecule has 0 saturated heterocycles. The Labute approximate surface area is 115 Å². The van der Waals surface area contributed by atoms with Gasteiger partial charge in [0.2, 0.25) is 0 Å². The fourth-order valence-corrected chi connectivity index (χ4v) is 2.67. The van der Waals surface area contributed by atoms with E-state index in [1.807, 2.05) is 19.2 Å². The van der Waals surface area contributed by atoms with E-state index in [1.165, 1.54) is 16.2 Å². The van der Waals surface area contributed by atoms with E-state index in [-0.39, 0.29) is 17.8 Å². The summed E-state index contributed by atoms with van der Waals surface area (Å²) >= 11 is 7.38. The highest BCUT2D eigenvalue weighted by Gasteiger charge is 2.22. The van der Waals surface area contributed by atoms with Crippen LogP contribution in [0.5, 0.6) is 0 Å². The maximum absolute atomic E-state index is 12.2. The van der Waals surface area contributed by atoms with Gasteiger partial charge in [0, 0.05) is 19.5 Å². The monoisotopic (exact) mass is 289 g/mol. The van der Waals surface area contributed by atoms with E-state index < -0.39 is 0 Å². The van der Waals surface area contributed by atoms with Crippen molar-refractivity contribution in [1.82, 2.24) is 4.90 Å². The topological polar surface area (TPSA) is 78.9 Å². The highest BCUT2D eigenvalue weighted by atomic mass is 35.5. The summed E-state index contributed by atoms with van der Waals surface area (Å²) in [4.78, 5) is 14.3. The van der Waals surface area contributed by atoms with E-state index >= 15 is 0 Å². The molecule has 5 nitrogen and oxygen atoms in total. The van der Waals surface area contributed by atoms with E-state index in [0.717, 1.165) is 5.56 Å². The lowest BCUT2D eigenvalue weighted by Crippen LogP contribution is -2.37. The largest absolute Gasteiger partial charge is 0.409 e. The van der Waals surface area contributed by atoms with Crippen LogP contribution in [0.4, 0.5) is 0 Å². The molecular weight excluding hydrogens is 274 g/mol. The van der Waals surface area contributed by atoms with E-state index in [0.29, 0.717) is 16.3 Å². The third-order valence-electron chi connectivity index (χ3n) is 2.71.